The maximum atomic E-state index is 12.6. The van der Waals surface area contributed by atoms with Gasteiger partial charge in [0.1, 0.15) is 12.6 Å². The molecule has 0 aliphatic rings. The number of esters is 2. The highest BCUT2D eigenvalue weighted by molar-refractivity contribution is 7.47. The molecule has 12 heteroatoms. The van der Waals surface area contributed by atoms with Gasteiger partial charge < -0.3 is 25.2 Å². The number of carbonyl (C=O) groups excluding carboxylic acids is 2. The fourth-order valence-corrected chi connectivity index (χ4v) is 6.32. The lowest BCUT2D eigenvalue weighted by atomic mass is 10.0. The predicted molar refractivity (Wildman–Crippen MR) is 217 cm³/mol. The van der Waals surface area contributed by atoms with Crippen molar-refractivity contribution >= 4 is 25.7 Å². The molecule has 0 fully saturated rings. The van der Waals surface area contributed by atoms with Crippen LogP contribution < -0.4 is 5.73 Å². The van der Waals surface area contributed by atoms with Crippen molar-refractivity contribution in [2.45, 2.75) is 193 Å². The first kappa shape index (κ1) is 51.7. The Morgan fingerprint density at radius 3 is 1.50 bits per heavy atom. The third-order valence-electron chi connectivity index (χ3n) is 8.89. The van der Waals surface area contributed by atoms with Gasteiger partial charge in [0.05, 0.1) is 13.2 Å². The first-order chi connectivity index (χ1) is 26.1. The zero-order valence-electron chi connectivity index (χ0n) is 33.8. The lowest BCUT2D eigenvalue weighted by Gasteiger charge is -2.20. The first-order valence-electron chi connectivity index (χ1n) is 21.0. The number of hydrogen-bond donors (Lipinski definition) is 3. The van der Waals surface area contributed by atoms with Gasteiger partial charge in [0.15, 0.2) is 6.10 Å². The largest absolute Gasteiger partial charge is 0.480 e. The number of carboxylic acids is 1. The van der Waals surface area contributed by atoms with Gasteiger partial charge >= 0.3 is 25.7 Å². The van der Waals surface area contributed by atoms with Crippen LogP contribution in [0.3, 0.4) is 0 Å². The molecule has 0 aromatic heterocycles. The fraction of sp³-hybridized carbons (Fsp3) is 0.786. The van der Waals surface area contributed by atoms with E-state index >= 15 is 0 Å². The van der Waals surface area contributed by atoms with Gasteiger partial charge in [-0.15, -0.1) is 0 Å². The number of phosphoric ester groups is 1. The molecule has 4 N–H and O–H groups in total. The van der Waals surface area contributed by atoms with Crippen LogP contribution in [0.4, 0.5) is 0 Å². The zero-order valence-corrected chi connectivity index (χ0v) is 34.7. The predicted octanol–water partition coefficient (Wildman–Crippen LogP) is 10.8. The standard InChI is InChI=1S/C42H76NO10P/c1-3-5-7-9-11-13-15-17-18-19-20-22-24-26-28-30-32-34-41(45)53-38(36-51-54(48,49)52-37-39(43)42(46)47)35-50-40(44)33-31-29-27-25-23-21-16-14-12-10-8-6-4-2/h11,13,17-18,20,22,38-39H,3-10,12,14-16,19,21,23-37,43H2,1-2H3,(H,46,47)(H,48,49)/b13-11+,18-17+,22-20+/t38-,39+/m1/s1. The molecule has 0 spiro atoms. The van der Waals surface area contributed by atoms with E-state index in [4.69, 9.17) is 24.8 Å². The summed E-state index contributed by atoms with van der Waals surface area (Å²) >= 11 is 0. The second-order valence-electron chi connectivity index (χ2n) is 14.1. The smallest absolute Gasteiger partial charge is 0.472 e. The molecule has 0 radical (unpaired) electrons. The molecule has 314 valence electrons. The summed E-state index contributed by atoms with van der Waals surface area (Å²) in [5, 5.41) is 8.88. The summed E-state index contributed by atoms with van der Waals surface area (Å²) in [6.45, 7) is 2.75. The van der Waals surface area contributed by atoms with Crippen molar-refractivity contribution in [1.82, 2.24) is 0 Å². The fourth-order valence-electron chi connectivity index (χ4n) is 5.54. The van der Waals surface area contributed by atoms with Crippen molar-refractivity contribution in [1.29, 1.82) is 0 Å². The summed E-state index contributed by atoms with van der Waals surface area (Å²) in [4.78, 5) is 45.9. The second kappa shape index (κ2) is 37.6. The van der Waals surface area contributed by atoms with Crippen molar-refractivity contribution in [3.63, 3.8) is 0 Å². The Bertz CT molecular complexity index is 1060. The minimum Gasteiger partial charge on any atom is -0.480 e. The number of ether oxygens (including phenoxy) is 2. The monoisotopic (exact) mass is 786 g/mol. The molecule has 0 amide bonds. The molecular formula is C42H76NO10P. The Morgan fingerprint density at radius 2 is 0.981 bits per heavy atom. The third-order valence-corrected chi connectivity index (χ3v) is 9.84. The van der Waals surface area contributed by atoms with Gasteiger partial charge in [-0.25, -0.2) is 4.57 Å². The van der Waals surface area contributed by atoms with Crippen LogP contribution in [-0.2, 0) is 37.5 Å². The number of aliphatic carboxylic acids is 1. The van der Waals surface area contributed by atoms with E-state index in [1.54, 1.807) is 0 Å². The number of hydrogen-bond acceptors (Lipinski definition) is 9. The number of rotatable bonds is 39. The molecule has 1 unspecified atom stereocenters. The van der Waals surface area contributed by atoms with E-state index in [1.807, 2.05) is 0 Å². The van der Waals surface area contributed by atoms with E-state index in [9.17, 15) is 23.8 Å². The number of allylic oxidation sites excluding steroid dienone is 6. The molecule has 0 saturated heterocycles. The van der Waals surface area contributed by atoms with E-state index in [1.165, 1.54) is 77.0 Å². The second-order valence-corrected chi connectivity index (χ2v) is 15.6. The minimum atomic E-state index is -4.72. The summed E-state index contributed by atoms with van der Waals surface area (Å²) in [6.07, 6.45) is 39.2. The zero-order chi connectivity index (χ0) is 40.0. The lowest BCUT2D eigenvalue weighted by molar-refractivity contribution is -0.161. The molecule has 0 heterocycles. The van der Waals surface area contributed by atoms with E-state index in [-0.39, 0.29) is 19.4 Å². The Kier molecular flexibility index (Phi) is 36.0. The number of carboxylic acid groups (broad SMARTS) is 1. The van der Waals surface area contributed by atoms with Gasteiger partial charge in [0.25, 0.3) is 0 Å². The van der Waals surface area contributed by atoms with Gasteiger partial charge in [0, 0.05) is 12.8 Å². The van der Waals surface area contributed by atoms with Gasteiger partial charge in [-0.1, -0.05) is 153 Å². The maximum Gasteiger partial charge on any atom is 0.472 e. The Hall–Kier alpha value is -2.30. The summed E-state index contributed by atoms with van der Waals surface area (Å²) in [6, 6.07) is -1.52. The molecule has 0 rings (SSSR count). The first-order valence-corrected chi connectivity index (χ1v) is 22.5. The van der Waals surface area contributed by atoms with E-state index in [0.29, 0.717) is 12.8 Å². The van der Waals surface area contributed by atoms with Crippen molar-refractivity contribution < 1.29 is 47.5 Å². The average Bonchev–Trinajstić information content (AvgIpc) is 3.14. The van der Waals surface area contributed by atoms with Crippen molar-refractivity contribution in [2.24, 2.45) is 5.73 Å². The number of carbonyl (C=O) groups is 3. The van der Waals surface area contributed by atoms with Gasteiger partial charge in [0.2, 0.25) is 0 Å². The normalized spacial score (nSPS) is 14.1. The number of unbranched alkanes of at least 4 members (excludes halogenated alkanes) is 19. The Labute approximate surface area is 327 Å². The van der Waals surface area contributed by atoms with Gasteiger partial charge in [-0.05, 0) is 51.4 Å². The van der Waals surface area contributed by atoms with E-state index in [2.05, 4.69) is 54.8 Å². The summed E-state index contributed by atoms with van der Waals surface area (Å²) in [7, 11) is -4.72. The van der Waals surface area contributed by atoms with Crippen LogP contribution in [-0.4, -0.2) is 59.9 Å². The molecule has 0 aliphatic heterocycles. The van der Waals surface area contributed by atoms with Crippen LogP contribution >= 0.6 is 7.82 Å². The molecule has 3 atom stereocenters. The Morgan fingerprint density at radius 1 is 0.574 bits per heavy atom. The summed E-state index contributed by atoms with van der Waals surface area (Å²) < 4.78 is 32.6. The van der Waals surface area contributed by atoms with Crippen LogP contribution in [0.5, 0.6) is 0 Å². The molecular weight excluding hydrogens is 709 g/mol. The van der Waals surface area contributed by atoms with Crippen LogP contribution in [0.2, 0.25) is 0 Å². The van der Waals surface area contributed by atoms with Crippen LogP contribution in [0, 0.1) is 0 Å². The SMILES string of the molecule is CCCCC/C=C/C/C=C/C/C=C/CCCCCCC(=O)O[C@H](COC(=O)CCCCCCCCCCCCCCC)COP(=O)(O)OC[C@H](N)C(=O)O. The van der Waals surface area contributed by atoms with Crippen molar-refractivity contribution in [3.8, 4) is 0 Å². The van der Waals surface area contributed by atoms with Crippen molar-refractivity contribution in [3.05, 3.63) is 36.5 Å². The minimum absolute atomic E-state index is 0.137. The average molecular weight is 786 g/mol. The molecule has 0 aromatic rings. The molecule has 0 aromatic carbocycles. The topological polar surface area (TPSA) is 172 Å². The third kappa shape index (κ3) is 36.7. The lowest BCUT2D eigenvalue weighted by Crippen LogP contribution is -2.34. The number of nitrogens with two attached hydrogens (primary N) is 1. The van der Waals surface area contributed by atoms with E-state index < -0.39 is 51.1 Å². The molecule has 54 heavy (non-hydrogen) atoms. The Balaban J connectivity index is 4.43. The van der Waals surface area contributed by atoms with E-state index in [0.717, 1.165) is 64.2 Å². The highest BCUT2D eigenvalue weighted by atomic mass is 31.2. The molecule has 0 aliphatic carbocycles. The summed E-state index contributed by atoms with van der Waals surface area (Å²) in [5.74, 6) is -2.40. The molecule has 11 nitrogen and oxygen atoms in total. The molecule has 0 saturated carbocycles. The quantitative estimate of drug-likeness (QED) is 0.0234. The van der Waals surface area contributed by atoms with Gasteiger partial charge in [-0.2, -0.15) is 0 Å². The highest BCUT2D eigenvalue weighted by Crippen LogP contribution is 2.43. The number of phosphoric acid groups is 1. The maximum absolute atomic E-state index is 12.6. The van der Waals surface area contributed by atoms with Crippen LogP contribution in [0.15, 0.2) is 36.5 Å². The highest BCUT2D eigenvalue weighted by Gasteiger charge is 2.28. The van der Waals surface area contributed by atoms with Gasteiger partial charge in [-0.3, -0.25) is 23.4 Å². The van der Waals surface area contributed by atoms with Crippen LogP contribution in [0.25, 0.3) is 0 Å². The summed E-state index contributed by atoms with van der Waals surface area (Å²) in [5.41, 5.74) is 5.32. The van der Waals surface area contributed by atoms with Crippen LogP contribution in [0.1, 0.15) is 181 Å². The van der Waals surface area contributed by atoms with Crippen molar-refractivity contribution in [2.75, 3.05) is 19.8 Å². The molecule has 0 bridgehead atoms.